The quantitative estimate of drug-likeness (QED) is 0.397. The SMILES string of the molecule is Cc1cc2oc(=O)cc(C)c2cc1Nc1nnc(-c2cc3cccc(C)c3oc2=O)s1. The Morgan fingerprint density at radius 2 is 1.74 bits per heavy atom. The zero-order chi connectivity index (χ0) is 21.7. The minimum Gasteiger partial charge on any atom is -0.423 e. The first-order valence-corrected chi connectivity index (χ1v) is 10.4. The van der Waals surface area contributed by atoms with Gasteiger partial charge in [0.2, 0.25) is 5.13 Å². The van der Waals surface area contributed by atoms with Gasteiger partial charge in [-0.15, -0.1) is 10.2 Å². The van der Waals surface area contributed by atoms with Crippen LogP contribution in [0, 0.1) is 20.8 Å². The van der Waals surface area contributed by atoms with Gasteiger partial charge in [-0.05, 0) is 55.7 Å². The summed E-state index contributed by atoms with van der Waals surface area (Å²) in [5.41, 5.74) is 4.10. The van der Waals surface area contributed by atoms with Crippen LogP contribution < -0.4 is 16.6 Å². The first kappa shape index (κ1) is 19.2. The Labute approximate surface area is 180 Å². The molecule has 0 aliphatic heterocycles. The minimum absolute atomic E-state index is 0.372. The smallest absolute Gasteiger partial charge is 0.346 e. The van der Waals surface area contributed by atoms with E-state index in [-0.39, 0.29) is 5.63 Å². The van der Waals surface area contributed by atoms with Crippen molar-refractivity contribution in [2.45, 2.75) is 20.8 Å². The molecule has 7 nitrogen and oxygen atoms in total. The summed E-state index contributed by atoms with van der Waals surface area (Å²) in [6, 6.07) is 12.7. The third-order valence-corrected chi connectivity index (χ3v) is 6.02. The van der Waals surface area contributed by atoms with Crippen molar-refractivity contribution in [2.24, 2.45) is 0 Å². The van der Waals surface area contributed by atoms with Crippen molar-refractivity contribution in [1.82, 2.24) is 10.2 Å². The Hall–Kier alpha value is -3.78. The van der Waals surface area contributed by atoms with Gasteiger partial charge in [-0.3, -0.25) is 0 Å². The van der Waals surface area contributed by atoms with Crippen LogP contribution >= 0.6 is 11.3 Å². The van der Waals surface area contributed by atoms with Gasteiger partial charge in [0.1, 0.15) is 11.2 Å². The molecule has 5 aromatic rings. The highest BCUT2D eigenvalue weighted by atomic mass is 32.1. The summed E-state index contributed by atoms with van der Waals surface area (Å²) in [5.74, 6) is 0. The molecular weight excluding hydrogens is 414 g/mol. The molecular formula is C23H17N3O4S. The van der Waals surface area contributed by atoms with Gasteiger partial charge in [0, 0.05) is 22.5 Å². The van der Waals surface area contributed by atoms with E-state index in [1.165, 1.54) is 17.4 Å². The molecule has 0 unspecified atom stereocenters. The van der Waals surface area contributed by atoms with E-state index in [4.69, 9.17) is 8.83 Å². The minimum atomic E-state index is -0.447. The van der Waals surface area contributed by atoms with Crippen LogP contribution in [-0.4, -0.2) is 10.2 Å². The van der Waals surface area contributed by atoms with Gasteiger partial charge in [0.25, 0.3) is 0 Å². The lowest BCUT2D eigenvalue weighted by molar-refractivity contribution is 0.559. The van der Waals surface area contributed by atoms with Crippen LogP contribution in [0.3, 0.4) is 0 Å². The molecule has 8 heteroatoms. The lowest BCUT2D eigenvalue weighted by Gasteiger charge is -2.09. The second kappa shape index (κ2) is 7.17. The number of rotatable bonds is 3. The molecule has 0 bridgehead atoms. The summed E-state index contributed by atoms with van der Waals surface area (Å²) in [6.45, 7) is 5.67. The number of nitrogens with zero attached hydrogens (tertiary/aromatic N) is 2. The van der Waals surface area contributed by atoms with E-state index >= 15 is 0 Å². The van der Waals surface area contributed by atoms with Gasteiger partial charge < -0.3 is 14.2 Å². The molecule has 3 heterocycles. The molecule has 0 fully saturated rings. The highest BCUT2D eigenvalue weighted by molar-refractivity contribution is 7.18. The largest absolute Gasteiger partial charge is 0.423 e. The van der Waals surface area contributed by atoms with Gasteiger partial charge in [0.15, 0.2) is 5.01 Å². The van der Waals surface area contributed by atoms with E-state index in [0.717, 1.165) is 33.2 Å². The van der Waals surface area contributed by atoms with E-state index < -0.39 is 5.63 Å². The highest BCUT2D eigenvalue weighted by Gasteiger charge is 2.15. The van der Waals surface area contributed by atoms with Gasteiger partial charge in [0.05, 0.1) is 5.56 Å². The topological polar surface area (TPSA) is 98.2 Å². The molecule has 3 aromatic heterocycles. The fourth-order valence-corrected chi connectivity index (χ4v) is 4.30. The first-order valence-electron chi connectivity index (χ1n) is 9.58. The number of para-hydroxylation sites is 1. The van der Waals surface area contributed by atoms with Crippen LogP contribution in [-0.2, 0) is 0 Å². The van der Waals surface area contributed by atoms with Gasteiger partial charge in [-0.1, -0.05) is 29.5 Å². The Morgan fingerprint density at radius 1 is 0.903 bits per heavy atom. The summed E-state index contributed by atoms with van der Waals surface area (Å²) < 4.78 is 10.8. The Kier molecular flexibility index (Phi) is 4.44. The van der Waals surface area contributed by atoms with Gasteiger partial charge in [-0.25, -0.2) is 9.59 Å². The van der Waals surface area contributed by atoms with E-state index in [1.807, 2.05) is 51.1 Å². The van der Waals surface area contributed by atoms with E-state index in [2.05, 4.69) is 15.5 Å². The Bertz CT molecular complexity index is 1600. The monoisotopic (exact) mass is 431 g/mol. The van der Waals surface area contributed by atoms with Crippen LogP contribution in [0.1, 0.15) is 16.7 Å². The summed E-state index contributed by atoms with van der Waals surface area (Å²) in [5, 5.41) is 14.3. The Balaban J connectivity index is 1.53. The molecule has 2 aromatic carbocycles. The number of hydrogen-bond acceptors (Lipinski definition) is 8. The van der Waals surface area contributed by atoms with Gasteiger partial charge >= 0.3 is 11.3 Å². The maximum atomic E-state index is 12.5. The van der Waals surface area contributed by atoms with Crippen molar-refractivity contribution >= 4 is 44.1 Å². The zero-order valence-corrected chi connectivity index (χ0v) is 17.8. The van der Waals surface area contributed by atoms with Crippen LogP contribution in [0.2, 0.25) is 0 Å². The van der Waals surface area contributed by atoms with Gasteiger partial charge in [-0.2, -0.15) is 0 Å². The second-order valence-electron chi connectivity index (χ2n) is 7.39. The van der Waals surface area contributed by atoms with Crippen molar-refractivity contribution in [3.8, 4) is 10.6 Å². The number of benzene rings is 2. The summed E-state index contributed by atoms with van der Waals surface area (Å²) in [6.07, 6.45) is 0. The third kappa shape index (κ3) is 3.40. The predicted octanol–water partition coefficient (Wildman–Crippen LogP) is 5.09. The lowest BCUT2D eigenvalue weighted by atomic mass is 10.1. The molecule has 31 heavy (non-hydrogen) atoms. The molecule has 0 atom stereocenters. The Morgan fingerprint density at radius 3 is 2.58 bits per heavy atom. The van der Waals surface area contributed by atoms with E-state index in [0.29, 0.717) is 26.9 Å². The summed E-state index contributed by atoms with van der Waals surface area (Å²) in [7, 11) is 0. The predicted molar refractivity (Wildman–Crippen MR) is 121 cm³/mol. The molecule has 0 radical (unpaired) electrons. The van der Waals surface area contributed by atoms with Crippen LogP contribution in [0.25, 0.3) is 32.5 Å². The van der Waals surface area contributed by atoms with E-state index in [1.54, 1.807) is 6.07 Å². The van der Waals surface area contributed by atoms with Crippen molar-refractivity contribution < 1.29 is 8.83 Å². The molecule has 0 aliphatic rings. The highest BCUT2D eigenvalue weighted by Crippen LogP contribution is 2.31. The molecule has 0 aliphatic carbocycles. The molecule has 0 saturated carbocycles. The number of anilines is 2. The molecule has 0 amide bonds. The van der Waals surface area contributed by atoms with Crippen molar-refractivity contribution in [2.75, 3.05) is 5.32 Å². The summed E-state index contributed by atoms with van der Waals surface area (Å²) >= 11 is 1.26. The molecule has 5 rings (SSSR count). The van der Waals surface area contributed by atoms with Crippen LogP contribution in [0.5, 0.6) is 0 Å². The maximum absolute atomic E-state index is 12.5. The first-order chi connectivity index (χ1) is 14.9. The zero-order valence-electron chi connectivity index (χ0n) is 17.0. The van der Waals surface area contributed by atoms with E-state index in [9.17, 15) is 9.59 Å². The molecule has 1 N–H and O–H groups in total. The standard InChI is InChI=1S/C23H17N3O4S/c1-11-5-4-6-14-9-16(22(28)30-20(11)14)21-25-26-23(31-21)24-17-10-15-12(2)8-19(27)29-18(15)7-13(17)3/h4-10H,1-3H3,(H,24,26). The maximum Gasteiger partial charge on any atom is 0.346 e. The number of fused-ring (bicyclic) bond motifs is 2. The fraction of sp³-hybridized carbons (Fsp3) is 0.130. The second-order valence-corrected chi connectivity index (χ2v) is 8.37. The molecule has 0 spiro atoms. The average molecular weight is 431 g/mol. The number of aryl methyl sites for hydroxylation is 3. The van der Waals surface area contributed by atoms with Crippen LogP contribution in [0.15, 0.2) is 60.9 Å². The van der Waals surface area contributed by atoms with Crippen molar-refractivity contribution in [3.63, 3.8) is 0 Å². The van der Waals surface area contributed by atoms with Crippen LogP contribution in [0.4, 0.5) is 10.8 Å². The average Bonchev–Trinajstić information content (AvgIpc) is 3.17. The lowest BCUT2D eigenvalue weighted by Crippen LogP contribution is -2.02. The van der Waals surface area contributed by atoms with Crippen molar-refractivity contribution in [1.29, 1.82) is 0 Å². The summed E-state index contributed by atoms with van der Waals surface area (Å²) in [4.78, 5) is 24.2. The molecule has 0 saturated heterocycles. The number of hydrogen-bond donors (Lipinski definition) is 1. The normalized spacial score (nSPS) is 11.3. The van der Waals surface area contributed by atoms with Crippen molar-refractivity contribution in [3.05, 3.63) is 80.0 Å². The number of nitrogens with one attached hydrogen (secondary N) is 1. The molecule has 154 valence electrons. The fourth-order valence-electron chi connectivity index (χ4n) is 3.54. The third-order valence-electron chi connectivity index (χ3n) is 5.15. The number of aromatic nitrogens is 2.